The lowest BCUT2D eigenvalue weighted by molar-refractivity contribution is -0.405. The van der Waals surface area contributed by atoms with E-state index in [0.29, 0.717) is 0 Å². The average Bonchev–Trinajstić information content (AvgIpc) is 1.85. The summed E-state index contributed by atoms with van der Waals surface area (Å²) in [4.78, 5) is 8.22. The highest BCUT2D eigenvalue weighted by molar-refractivity contribution is 5.06. The molecule has 0 amide bonds. The molecule has 0 aliphatic heterocycles. The Kier molecular flexibility index (Phi) is 2.99. The van der Waals surface area contributed by atoms with Gasteiger partial charge in [-0.25, -0.2) is 8.78 Å². The molecule has 0 aromatic carbocycles. The third-order valence-electron chi connectivity index (χ3n) is 0.903. The van der Waals surface area contributed by atoms with Gasteiger partial charge in [0.1, 0.15) is 0 Å². The average molecular weight is 188 g/mol. The van der Waals surface area contributed by atoms with Gasteiger partial charge < -0.3 is 5.73 Å². The molecule has 8 heteroatoms. The smallest absolute Gasteiger partial charge is 0.352 e. The van der Waals surface area contributed by atoms with Gasteiger partial charge in [0.2, 0.25) is 0 Å². The summed E-state index contributed by atoms with van der Waals surface area (Å²) in [5.74, 6) is -4.65. The molecule has 0 aliphatic carbocycles. The number of rotatable bonds is 3. The first kappa shape index (κ1) is 10.7. The minimum Gasteiger partial charge on any atom is -0.392 e. The number of hydrogen-bond donors (Lipinski definition) is 1. The van der Waals surface area contributed by atoms with Crippen LogP contribution in [0.4, 0.5) is 17.6 Å². The quantitative estimate of drug-likeness (QED) is 0.407. The summed E-state index contributed by atoms with van der Waals surface area (Å²) in [6.45, 7) is 0. The summed E-state index contributed by atoms with van der Waals surface area (Å²) in [6, 6.07) is 0. The van der Waals surface area contributed by atoms with Crippen LogP contribution in [0.25, 0.3) is 0 Å². The van der Waals surface area contributed by atoms with Gasteiger partial charge in [0.25, 0.3) is 6.20 Å². The molecule has 4 nitrogen and oxygen atoms in total. The number of allylic oxidation sites excluding steroid dienone is 1. The van der Waals surface area contributed by atoms with Crippen molar-refractivity contribution in [2.45, 2.75) is 12.3 Å². The molecule has 0 fully saturated rings. The van der Waals surface area contributed by atoms with Crippen molar-refractivity contribution in [2.24, 2.45) is 5.73 Å². The van der Waals surface area contributed by atoms with E-state index in [4.69, 9.17) is 0 Å². The van der Waals surface area contributed by atoms with Crippen LogP contribution in [-0.2, 0) is 0 Å². The molecule has 0 spiro atoms. The van der Waals surface area contributed by atoms with Crippen molar-refractivity contribution in [1.82, 2.24) is 0 Å². The van der Waals surface area contributed by atoms with Crippen LogP contribution in [0.1, 0.15) is 0 Å². The molecular weight excluding hydrogens is 184 g/mol. The van der Waals surface area contributed by atoms with Crippen molar-refractivity contribution in [3.05, 3.63) is 22.0 Å². The molecule has 0 unspecified atom stereocenters. The normalized spacial score (nSPS) is 13.6. The zero-order chi connectivity index (χ0) is 9.94. The van der Waals surface area contributed by atoms with Crippen molar-refractivity contribution in [3.63, 3.8) is 0 Å². The largest absolute Gasteiger partial charge is 0.392 e. The lowest BCUT2D eigenvalue weighted by Crippen LogP contribution is -2.33. The van der Waals surface area contributed by atoms with Crippen molar-refractivity contribution in [3.8, 4) is 0 Å². The van der Waals surface area contributed by atoms with Crippen LogP contribution in [0.15, 0.2) is 11.9 Å². The molecule has 12 heavy (non-hydrogen) atoms. The van der Waals surface area contributed by atoms with E-state index in [1.165, 1.54) is 0 Å². The number of nitro groups is 1. The predicted octanol–water partition coefficient (Wildman–Crippen LogP) is 0.964. The van der Waals surface area contributed by atoms with Gasteiger partial charge >= 0.3 is 12.3 Å². The van der Waals surface area contributed by atoms with E-state index < -0.39 is 23.0 Å². The topological polar surface area (TPSA) is 69.2 Å². The Hall–Kier alpha value is -1.34. The van der Waals surface area contributed by atoms with E-state index in [9.17, 15) is 27.7 Å². The molecule has 0 saturated carbocycles. The first-order chi connectivity index (χ1) is 5.28. The Morgan fingerprint density at radius 1 is 1.58 bits per heavy atom. The number of hydrogen-bond acceptors (Lipinski definition) is 3. The van der Waals surface area contributed by atoms with Crippen LogP contribution in [0.5, 0.6) is 0 Å². The fourth-order valence-electron chi connectivity index (χ4n) is 0.326. The summed E-state index contributed by atoms with van der Waals surface area (Å²) in [5.41, 5.74) is 2.58. The highest BCUT2D eigenvalue weighted by atomic mass is 19.3. The number of alkyl halides is 4. The molecule has 0 saturated heterocycles. The van der Waals surface area contributed by atoms with E-state index in [1.54, 1.807) is 0 Å². The molecule has 0 heterocycles. The second kappa shape index (κ2) is 3.37. The maximum atomic E-state index is 12.1. The van der Waals surface area contributed by atoms with E-state index in [0.717, 1.165) is 0 Å². The molecular formula is C4H4F4N2O2. The van der Waals surface area contributed by atoms with Crippen molar-refractivity contribution >= 4 is 0 Å². The Balaban J connectivity index is 4.67. The van der Waals surface area contributed by atoms with E-state index in [1.807, 2.05) is 0 Å². The second-order valence-electron chi connectivity index (χ2n) is 1.79. The standard InChI is InChI=1S/C4H4F4N2O2/c5-3(6)4(7,8)2(9)1-10(11)12/h1,3H,9H2. The highest BCUT2D eigenvalue weighted by Gasteiger charge is 2.45. The number of halogens is 4. The summed E-state index contributed by atoms with van der Waals surface area (Å²) in [6.07, 6.45) is -4.40. The molecule has 0 radical (unpaired) electrons. The molecule has 0 rings (SSSR count). The first-order valence-electron chi connectivity index (χ1n) is 2.55. The van der Waals surface area contributed by atoms with Crippen LogP contribution in [0, 0.1) is 10.1 Å². The third kappa shape index (κ3) is 2.36. The molecule has 0 aromatic heterocycles. The fraction of sp³-hybridized carbons (Fsp3) is 0.500. The predicted molar refractivity (Wildman–Crippen MR) is 30.2 cm³/mol. The maximum Gasteiger partial charge on any atom is 0.352 e. The van der Waals surface area contributed by atoms with Gasteiger partial charge in [-0.2, -0.15) is 8.78 Å². The minimum atomic E-state index is -4.65. The number of nitrogens with two attached hydrogens (primary N) is 1. The summed E-state index contributed by atoms with van der Waals surface area (Å²) in [5, 5.41) is 9.55. The highest BCUT2D eigenvalue weighted by Crippen LogP contribution is 2.27. The zero-order valence-electron chi connectivity index (χ0n) is 5.51. The summed E-state index contributed by atoms with van der Waals surface area (Å²) >= 11 is 0. The van der Waals surface area contributed by atoms with Gasteiger partial charge in [-0.3, -0.25) is 10.1 Å². The van der Waals surface area contributed by atoms with Crippen LogP contribution >= 0.6 is 0 Å². The van der Waals surface area contributed by atoms with Crippen LogP contribution in [0.2, 0.25) is 0 Å². The van der Waals surface area contributed by atoms with Gasteiger partial charge in [0.15, 0.2) is 5.70 Å². The van der Waals surface area contributed by atoms with Crippen molar-refractivity contribution in [1.29, 1.82) is 0 Å². The molecule has 2 N–H and O–H groups in total. The van der Waals surface area contributed by atoms with Gasteiger partial charge in [0.05, 0.1) is 4.92 Å². The molecule has 0 atom stereocenters. The maximum absolute atomic E-state index is 12.1. The Bertz CT molecular complexity index is 215. The van der Waals surface area contributed by atoms with Crippen molar-refractivity contribution < 1.29 is 22.5 Å². The van der Waals surface area contributed by atoms with E-state index in [-0.39, 0.29) is 6.20 Å². The molecule has 70 valence electrons. The summed E-state index contributed by atoms with van der Waals surface area (Å²) in [7, 11) is 0. The lowest BCUT2D eigenvalue weighted by atomic mass is 10.3. The fourth-order valence-corrected chi connectivity index (χ4v) is 0.326. The lowest BCUT2D eigenvalue weighted by Gasteiger charge is -2.12. The van der Waals surface area contributed by atoms with Gasteiger partial charge in [-0.15, -0.1) is 0 Å². The van der Waals surface area contributed by atoms with E-state index in [2.05, 4.69) is 5.73 Å². The van der Waals surface area contributed by atoms with E-state index >= 15 is 0 Å². The van der Waals surface area contributed by atoms with Crippen molar-refractivity contribution in [2.75, 3.05) is 0 Å². The molecule has 0 aliphatic rings. The van der Waals surface area contributed by atoms with Gasteiger partial charge in [-0.05, 0) is 0 Å². The molecule has 0 aromatic rings. The SMILES string of the molecule is NC(=C[N+](=O)[O-])C(F)(F)C(F)F. The van der Waals surface area contributed by atoms with Gasteiger partial charge in [-0.1, -0.05) is 0 Å². The van der Waals surface area contributed by atoms with Gasteiger partial charge in [0, 0.05) is 0 Å². The van der Waals surface area contributed by atoms with Crippen LogP contribution in [0.3, 0.4) is 0 Å². The van der Waals surface area contributed by atoms with Crippen LogP contribution in [-0.4, -0.2) is 17.3 Å². The zero-order valence-corrected chi connectivity index (χ0v) is 5.51. The molecule has 0 bridgehead atoms. The Morgan fingerprint density at radius 2 is 2.00 bits per heavy atom. The summed E-state index contributed by atoms with van der Waals surface area (Å²) < 4.78 is 46.9. The van der Waals surface area contributed by atoms with Crippen LogP contribution < -0.4 is 5.73 Å². The second-order valence-corrected chi connectivity index (χ2v) is 1.79. The third-order valence-corrected chi connectivity index (χ3v) is 0.903. The Labute approximate surface area is 63.8 Å². The number of nitrogens with zero attached hydrogens (tertiary/aromatic N) is 1. The Morgan fingerprint density at radius 3 is 2.25 bits per heavy atom. The minimum absolute atomic E-state index is 0.355. The monoisotopic (exact) mass is 188 g/mol. The first-order valence-corrected chi connectivity index (χ1v) is 2.55.